The highest BCUT2D eigenvalue weighted by Crippen LogP contribution is 2.60. The number of hydrogen-bond donors (Lipinski definition) is 3. The number of hydrogen-bond acceptors (Lipinski definition) is 5. The van der Waals surface area contributed by atoms with E-state index in [9.17, 15) is 15.3 Å². The second-order valence-corrected chi connectivity index (χ2v) is 8.96. The molecule has 4 aliphatic heterocycles. The third-order valence-corrected chi connectivity index (χ3v) is 7.46. The predicted molar refractivity (Wildman–Crippen MR) is 117 cm³/mol. The van der Waals surface area contributed by atoms with E-state index < -0.39 is 5.60 Å². The smallest absolute Gasteiger partial charge is 0.157 e. The number of phenols is 3. The Morgan fingerprint density at radius 2 is 1.55 bits per heavy atom. The van der Waals surface area contributed by atoms with Crippen LogP contribution in [0.15, 0.2) is 66.7 Å². The van der Waals surface area contributed by atoms with E-state index >= 15 is 0 Å². The minimum atomic E-state index is -0.768. The lowest BCUT2D eigenvalue weighted by Crippen LogP contribution is -2.69. The van der Waals surface area contributed by atoms with Crippen molar-refractivity contribution in [3.05, 3.63) is 83.4 Å². The van der Waals surface area contributed by atoms with Crippen molar-refractivity contribution >= 4 is 0 Å². The Morgan fingerprint density at radius 3 is 2.29 bits per heavy atom. The molecule has 0 amide bonds. The van der Waals surface area contributed by atoms with Gasteiger partial charge in [0.25, 0.3) is 0 Å². The summed E-state index contributed by atoms with van der Waals surface area (Å²) in [4.78, 5) is 2.50. The lowest BCUT2D eigenvalue weighted by Gasteiger charge is -2.62. The Labute approximate surface area is 181 Å². The largest absolute Gasteiger partial charge is 0.508 e. The van der Waals surface area contributed by atoms with Crippen LogP contribution in [0.1, 0.15) is 35.4 Å². The quantitative estimate of drug-likeness (QED) is 0.581. The second kappa shape index (κ2) is 6.66. The molecule has 3 N–H and O–H groups in total. The molecule has 31 heavy (non-hydrogen) atoms. The Hall–Kier alpha value is -3.18. The zero-order chi connectivity index (χ0) is 21.2. The first-order valence-corrected chi connectivity index (χ1v) is 10.9. The number of rotatable bonds is 2. The minimum absolute atomic E-state index is 0.00474. The standard InChI is InChI=1S/C26H25NO4/c28-18-7-9-21(22(30)14-18)26-17-10-12-27(13-11-17)25(26)24(16-4-2-1-3-5-16)20-8-6-19(29)15-23(20)31-26/h1-9,14-15,17,24-25,28-30H,10-13H2/t24-,25+,26?/m0/s1. The molecule has 3 aromatic rings. The van der Waals surface area contributed by atoms with Gasteiger partial charge in [0, 0.05) is 35.1 Å². The van der Waals surface area contributed by atoms with Gasteiger partial charge in [-0.05, 0) is 49.7 Å². The first kappa shape index (κ1) is 18.6. The minimum Gasteiger partial charge on any atom is -0.508 e. The molecule has 5 heteroatoms. The molecule has 3 fully saturated rings. The van der Waals surface area contributed by atoms with E-state index in [0.717, 1.165) is 31.5 Å². The van der Waals surface area contributed by atoms with Gasteiger partial charge >= 0.3 is 0 Å². The van der Waals surface area contributed by atoms with Crippen LogP contribution in [0.3, 0.4) is 0 Å². The summed E-state index contributed by atoms with van der Waals surface area (Å²) in [6.07, 6.45) is 1.96. The number of phenolic OH excluding ortho intramolecular Hbond substituents is 3. The molecular weight excluding hydrogens is 390 g/mol. The van der Waals surface area contributed by atoms with Crippen molar-refractivity contribution in [2.45, 2.75) is 30.4 Å². The first-order chi connectivity index (χ1) is 15.1. The highest BCUT2D eigenvalue weighted by molar-refractivity contribution is 5.55. The number of piperidine rings is 3. The van der Waals surface area contributed by atoms with Crippen LogP contribution in [0.2, 0.25) is 0 Å². The van der Waals surface area contributed by atoms with E-state index in [1.807, 2.05) is 12.1 Å². The summed E-state index contributed by atoms with van der Waals surface area (Å²) in [5.41, 5.74) is 2.18. The van der Waals surface area contributed by atoms with E-state index in [1.54, 1.807) is 24.3 Å². The van der Waals surface area contributed by atoms with Crippen LogP contribution in [0.25, 0.3) is 0 Å². The van der Waals surface area contributed by atoms with Crippen LogP contribution in [-0.4, -0.2) is 39.4 Å². The first-order valence-electron chi connectivity index (χ1n) is 10.9. The highest BCUT2D eigenvalue weighted by Gasteiger charge is 2.62. The van der Waals surface area contributed by atoms with Crippen molar-refractivity contribution in [2.24, 2.45) is 5.92 Å². The zero-order valence-electron chi connectivity index (χ0n) is 17.1. The fourth-order valence-corrected chi connectivity index (χ4v) is 6.25. The van der Waals surface area contributed by atoms with E-state index in [2.05, 4.69) is 29.2 Å². The molecule has 2 bridgehead atoms. The van der Waals surface area contributed by atoms with E-state index in [0.29, 0.717) is 11.3 Å². The lowest BCUT2D eigenvalue weighted by atomic mass is 9.60. The van der Waals surface area contributed by atoms with Gasteiger partial charge in [-0.2, -0.15) is 0 Å². The van der Waals surface area contributed by atoms with Gasteiger partial charge in [0.15, 0.2) is 5.60 Å². The lowest BCUT2D eigenvalue weighted by molar-refractivity contribution is -0.159. The van der Waals surface area contributed by atoms with Crippen molar-refractivity contribution in [2.75, 3.05) is 13.1 Å². The van der Waals surface area contributed by atoms with Crippen LogP contribution in [0.4, 0.5) is 0 Å². The molecule has 158 valence electrons. The molecule has 3 saturated heterocycles. The molecule has 4 aliphatic rings. The average Bonchev–Trinajstić information content (AvgIpc) is 2.78. The maximum Gasteiger partial charge on any atom is 0.157 e. The molecule has 5 nitrogen and oxygen atoms in total. The van der Waals surface area contributed by atoms with Crippen LogP contribution in [0, 0.1) is 5.92 Å². The van der Waals surface area contributed by atoms with Crippen LogP contribution in [0.5, 0.6) is 23.0 Å². The fourth-order valence-electron chi connectivity index (χ4n) is 6.25. The maximum absolute atomic E-state index is 11.0. The number of fused-ring (bicyclic) bond motifs is 3. The zero-order valence-corrected chi connectivity index (χ0v) is 17.1. The molecule has 0 radical (unpaired) electrons. The summed E-state index contributed by atoms with van der Waals surface area (Å²) in [5.74, 6) is 1.15. The molecule has 1 unspecified atom stereocenters. The van der Waals surface area contributed by atoms with Gasteiger partial charge in [-0.15, -0.1) is 0 Å². The molecule has 4 heterocycles. The second-order valence-electron chi connectivity index (χ2n) is 8.96. The topological polar surface area (TPSA) is 73.2 Å². The van der Waals surface area contributed by atoms with E-state index in [4.69, 9.17) is 4.74 Å². The van der Waals surface area contributed by atoms with Gasteiger partial charge < -0.3 is 20.1 Å². The highest BCUT2D eigenvalue weighted by atomic mass is 16.5. The Bertz CT molecular complexity index is 1140. The van der Waals surface area contributed by atoms with Crippen molar-refractivity contribution < 1.29 is 20.1 Å². The van der Waals surface area contributed by atoms with E-state index in [1.165, 1.54) is 11.6 Å². The third-order valence-electron chi connectivity index (χ3n) is 7.46. The van der Waals surface area contributed by atoms with Gasteiger partial charge in [0.2, 0.25) is 0 Å². The van der Waals surface area contributed by atoms with Gasteiger partial charge in [-0.1, -0.05) is 36.4 Å². The maximum atomic E-state index is 11.0. The van der Waals surface area contributed by atoms with Crippen molar-refractivity contribution in [3.63, 3.8) is 0 Å². The Kier molecular flexibility index (Phi) is 3.99. The normalized spacial score (nSPS) is 30.8. The summed E-state index contributed by atoms with van der Waals surface area (Å²) in [7, 11) is 0. The summed E-state index contributed by atoms with van der Waals surface area (Å²) >= 11 is 0. The van der Waals surface area contributed by atoms with Crippen LogP contribution < -0.4 is 4.74 Å². The number of ether oxygens (including phenoxy) is 1. The molecule has 0 spiro atoms. The summed E-state index contributed by atoms with van der Waals surface area (Å²) < 4.78 is 6.85. The van der Waals surface area contributed by atoms with Crippen molar-refractivity contribution in [1.82, 2.24) is 4.90 Å². The average molecular weight is 415 g/mol. The number of aromatic hydroxyl groups is 3. The number of nitrogens with zero attached hydrogens (tertiary/aromatic N) is 1. The molecular formula is C26H25NO4. The Morgan fingerprint density at radius 1 is 0.839 bits per heavy atom. The molecule has 3 atom stereocenters. The fraction of sp³-hybridized carbons (Fsp3) is 0.308. The van der Waals surface area contributed by atoms with Gasteiger partial charge in [0.05, 0.1) is 6.04 Å². The predicted octanol–water partition coefficient (Wildman–Crippen LogP) is 4.32. The van der Waals surface area contributed by atoms with Crippen LogP contribution >= 0.6 is 0 Å². The van der Waals surface area contributed by atoms with Gasteiger partial charge in [0.1, 0.15) is 23.0 Å². The molecule has 0 aliphatic carbocycles. The summed E-state index contributed by atoms with van der Waals surface area (Å²) in [6, 6.07) is 20.6. The summed E-state index contributed by atoms with van der Waals surface area (Å²) in [5, 5.41) is 31.1. The van der Waals surface area contributed by atoms with E-state index in [-0.39, 0.29) is 35.1 Å². The van der Waals surface area contributed by atoms with Crippen LogP contribution in [-0.2, 0) is 5.60 Å². The SMILES string of the molecule is Oc1ccc(C23Oc4cc(O)ccc4[C@H](c4ccccc4)[C@H]2N2CCC3CC2)c(O)c1. The third kappa shape index (κ3) is 2.59. The van der Waals surface area contributed by atoms with Crippen molar-refractivity contribution in [1.29, 1.82) is 0 Å². The molecule has 3 aromatic carbocycles. The monoisotopic (exact) mass is 415 g/mol. The van der Waals surface area contributed by atoms with Gasteiger partial charge in [-0.25, -0.2) is 0 Å². The molecule has 0 saturated carbocycles. The number of benzene rings is 3. The molecule has 0 aromatic heterocycles. The molecule has 7 rings (SSSR count). The van der Waals surface area contributed by atoms with Crippen molar-refractivity contribution in [3.8, 4) is 23.0 Å². The Balaban J connectivity index is 1.65. The van der Waals surface area contributed by atoms with Gasteiger partial charge in [-0.3, -0.25) is 4.90 Å². The summed E-state index contributed by atoms with van der Waals surface area (Å²) in [6.45, 7) is 1.99.